The second kappa shape index (κ2) is 12.8. The van der Waals surface area contributed by atoms with Crippen molar-refractivity contribution in [2.24, 2.45) is 10.9 Å². The zero-order chi connectivity index (χ0) is 21.0. The van der Waals surface area contributed by atoms with Gasteiger partial charge >= 0.3 is 0 Å². The van der Waals surface area contributed by atoms with E-state index in [2.05, 4.69) is 20.3 Å². The number of hydrogen-bond acceptors (Lipinski definition) is 4. The first kappa shape index (κ1) is 23.6. The van der Waals surface area contributed by atoms with E-state index < -0.39 is 10.0 Å². The fraction of sp³-hybridized carbons (Fsp3) is 0.667. The summed E-state index contributed by atoms with van der Waals surface area (Å²) in [5.41, 5.74) is 0.992. The fourth-order valence-electron chi connectivity index (χ4n) is 3.63. The van der Waals surface area contributed by atoms with Gasteiger partial charge in [0.25, 0.3) is 0 Å². The van der Waals surface area contributed by atoms with Crippen LogP contribution < -0.4 is 15.4 Å². The highest BCUT2D eigenvalue weighted by Gasteiger charge is 2.14. The summed E-state index contributed by atoms with van der Waals surface area (Å²) in [6.45, 7) is 2.10. The van der Waals surface area contributed by atoms with Gasteiger partial charge in [0, 0.05) is 33.8 Å². The molecule has 0 saturated heterocycles. The first-order valence-corrected chi connectivity index (χ1v) is 12.1. The molecule has 164 valence electrons. The molecule has 0 amide bonds. The van der Waals surface area contributed by atoms with Crippen molar-refractivity contribution in [1.29, 1.82) is 0 Å². The third kappa shape index (κ3) is 8.72. The zero-order valence-corrected chi connectivity index (χ0v) is 18.6. The van der Waals surface area contributed by atoms with Crippen molar-refractivity contribution < 1.29 is 13.2 Å². The summed E-state index contributed by atoms with van der Waals surface area (Å²) in [7, 11) is -0.197. The standard InChI is InChI=1S/C21H36N4O3S/c1-22-21(23-14-6-9-18-7-4-3-5-8-18)24-17-19-10-12-20(13-11-19)29(26,27)25-15-16-28-2/h10-13,18,25H,3-9,14-17H2,1-2H3,(H2,22,23,24). The molecule has 0 radical (unpaired) electrons. The Balaban J connectivity index is 1.71. The Bertz CT molecular complexity index is 714. The number of rotatable bonds is 11. The van der Waals surface area contributed by atoms with Crippen molar-refractivity contribution in [2.75, 3.05) is 33.9 Å². The van der Waals surface area contributed by atoms with Crippen molar-refractivity contribution in [2.45, 2.75) is 56.4 Å². The highest BCUT2D eigenvalue weighted by Crippen LogP contribution is 2.26. The molecular weight excluding hydrogens is 388 g/mol. The molecule has 1 aliphatic carbocycles. The monoisotopic (exact) mass is 424 g/mol. The fourth-order valence-corrected chi connectivity index (χ4v) is 4.64. The van der Waals surface area contributed by atoms with Gasteiger partial charge in [0.05, 0.1) is 11.5 Å². The quantitative estimate of drug-likeness (QED) is 0.289. The lowest BCUT2D eigenvalue weighted by Crippen LogP contribution is -2.37. The Morgan fingerprint density at radius 2 is 1.83 bits per heavy atom. The number of guanidine groups is 1. The summed E-state index contributed by atoms with van der Waals surface area (Å²) >= 11 is 0. The SMILES string of the molecule is CN=C(NCCCC1CCCCC1)NCc1ccc(S(=O)(=O)NCCOC)cc1. The number of aliphatic imine (C=N–C) groups is 1. The summed E-state index contributed by atoms with van der Waals surface area (Å²) in [4.78, 5) is 4.52. The lowest BCUT2D eigenvalue weighted by molar-refractivity contribution is 0.204. The van der Waals surface area contributed by atoms with Crippen LogP contribution in [-0.4, -0.2) is 48.2 Å². The van der Waals surface area contributed by atoms with Gasteiger partial charge in [0.2, 0.25) is 10.0 Å². The van der Waals surface area contributed by atoms with E-state index in [1.165, 1.54) is 45.6 Å². The van der Waals surface area contributed by atoms with Crippen LogP contribution in [0.5, 0.6) is 0 Å². The van der Waals surface area contributed by atoms with Gasteiger partial charge in [-0.15, -0.1) is 0 Å². The summed E-state index contributed by atoms with van der Waals surface area (Å²) in [5.74, 6) is 1.67. The highest BCUT2D eigenvalue weighted by atomic mass is 32.2. The van der Waals surface area contributed by atoms with E-state index in [1.807, 2.05) is 12.1 Å². The van der Waals surface area contributed by atoms with E-state index in [-0.39, 0.29) is 11.4 Å². The third-order valence-electron chi connectivity index (χ3n) is 5.32. The van der Waals surface area contributed by atoms with Gasteiger partial charge in [-0.3, -0.25) is 4.99 Å². The Kier molecular flexibility index (Phi) is 10.5. The molecule has 0 heterocycles. The first-order valence-electron chi connectivity index (χ1n) is 10.6. The van der Waals surface area contributed by atoms with Crippen LogP contribution in [0.25, 0.3) is 0 Å². The van der Waals surface area contributed by atoms with Gasteiger partial charge < -0.3 is 15.4 Å². The molecule has 0 atom stereocenters. The predicted octanol–water partition coefficient (Wildman–Crippen LogP) is 2.64. The summed E-state index contributed by atoms with van der Waals surface area (Å²) in [6, 6.07) is 6.86. The van der Waals surface area contributed by atoms with Crippen molar-refractivity contribution in [1.82, 2.24) is 15.4 Å². The van der Waals surface area contributed by atoms with Gasteiger partial charge in [-0.05, 0) is 36.5 Å². The first-order chi connectivity index (χ1) is 14.0. The topological polar surface area (TPSA) is 91.8 Å². The van der Waals surface area contributed by atoms with Crippen LogP contribution in [0.2, 0.25) is 0 Å². The maximum Gasteiger partial charge on any atom is 0.240 e. The van der Waals surface area contributed by atoms with E-state index >= 15 is 0 Å². The molecule has 2 rings (SSSR count). The molecule has 0 bridgehead atoms. The van der Waals surface area contributed by atoms with E-state index in [0.29, 0.717) is 13.2 Å². The smallest absolute Gasteiger partial charge is 0.240 e. The van der Waals surface area contributed by atoms with Gasteiger partial charge in [0.15, 0.2) is 5.96 Å². The lowest BCUT2D eigenvalue weighted by Gasteiger charge is -2.21. The number of ether oxygens (including phenoxy) is 1. The van der Waals surface area contributed by atoms with Gasteiger partial charge in [-0.25, -0.2) is 13.1 Å². The molecule has 0 aliphatic heterocycles. The van der Waals surface area contributed by atoms with Crippen LogP contribution >= 0.6 is 0 Å². The average molecular weight is 425 g/mol. The number of nitrogens with zero attached hydrogens (tertiary/aromatic N) is 1. The summed E-state index contributed by atoms with van der Waals surface area (Å²) in [6.07, 6.45) is 9.42. The van der Waals surface area contributed by atoms with E-state index in [4.69, 9.17) is 4.74 Å². The minimum absolute atomic E-state index is 0.252. The molecule has 1 aromatic rings. The van der Waals surface area contributed by atoms with Crippen molar-refractivity contribution in [3.05, 3.63) is 29.8 Å². The number of benzene rings is 1. The van der Waals surface area contributed by atoms with Crippen LogP contribution in [0, 0.1) is 5.92 Å². The number of sulfonamides is 1. The minimum atomic E-state index is -3.50. The normalized spacial score (nSPS) is 16.0. The molecule has 7 nitrogen and oxygen atoms in total. The van der Waals surface area contributed by atoms with Crippen LogP contribution in [0.3, 0.4) is 0 Å². The largest absolute Gasteiger partial charge is 0.383 e. The van der Waals surface area contributed by atoms with Crippen molar-refractivity contribution >= 4 is 16.0 Å². The maximum atomic E-state index is 12.2. The molecule has 1 aromatic carbocycles. The van der Waals surface area contributed by atoms with Crippen LogP contribution in [0.15, 0.2) is 34.2 Å². The molecule has 1 saturated carbocycles. The Hall–Kier alpha value is -1.64. The lowest BCUT2D eigenvalue weighted by atomic mass is 9.86. The Labute approximate surface area is 175 Å². The molecule has 8 heteroatoms. The molecule has 0 unspecified atom stereocenters. The molecule has 0 aromatic heterocycles. The van der Waals surface area contributed by atoms with E-state index in [9.17, 15) is 8.42 Å². The third-order valence-corrected chi connectivity index (χ3v) is 6.80. The van der Waals surface area contributed by atoms with Crippen molar-refractivity contribution in [3.8, 4) is 0 Å². The Morgan fingerprint density at radius 1 is 1.10 bits per heavy atom. The van der Waals surface area contributed by atoms with Gasteiger partial charge in [-0.2, -0.15) is 0 Å². The van der Waals surface area contributed by atoms with Crippen LogP contribution in [0.4, 0.5) is 0 Å². The molecule has 1 aliphatic rings. The highest BCUT2D eigenvalue weighted by molar-refractivity contribution is 7.89. The predicted molar refractivity (Wildman–Crippen MR) is 118 cm³/mol. The number of methoxy groups -OCH3 is 1. The molecule has 29 heavy (non-hydrogen) atoms. The maximum absolute atomic E-state index is 12.2. The average Bonchev–Trinajstić information content (AvgIpc) is 2.74. The Morgan fingerprint density at radius 3 is 2.48 bits per heavy atom. The number of hydrogen-bond donors (Lipinski definition) is 3. The van der Waals surface area contributed by atoms with Crippen LogP contribution in [-0.2, 0) is 21.3 Å². The summed E-state index contributed by atoms with van der Waals surface area (Å²) < 4.78 is 31.7. The van der Waals surface area contributed by atoms with E-state index in [0.717, 1.165) is 30.4 Å². The minimum Gasteiger partial charge on any atom is -0.383 e. The molecule has 0 spiro atoms. The molecule has 1 fully saturated rings. The second-order valence-electron chi connectivity index (χ2n) is 7.53. The van der Waals surface area contributed by atoms with Gasteiger partial charge in [0.1, 0.15) is 0 Å². The van der Waals surface area contributed by atoms with Gasteiger partial charge in [-0.1, -0.05) is 44.2 Å². The molecule has 3 N–H and O–H groups in total. The summed E-state index contributed by atoms with van der Waals surface area (Å²) in [5, 5.41) is 6.65. The second-order valence-corrected chi connectivity index (χ2v) is 9.30. The molecular formula is C21H36N4O3S. The van der Waals surface area contributed by atoms with E-state index in [1.54, 1.807) is 19.2 Å². The van der Waals surface area contributed by atoms with Crippen molar-refractivity contribution in [3.63, 3.8) is 0 Å². The van der Waals surface area contributed by atoms with Crippen LogP contribution in [0.1, 0.15) is 50.5 Å². The number of nitrogens with one attached hydrogen (secondary N) is 3. The zero-order valence-electron chi connectivity index (χ0n) is 17.7.